The van der Waals surface area contributed by atoms with E-state index in [1.165, 1.54) is 5.69 Å². The minimum atomic E-state index is 0.586. The Morgan fingerprint density at radius 3 is 2.15 bits per heavy atom. The van der Waals surface area contributed by atoms with Gasteiger partial charge in [-0.2, -0.15) is 4.74 Å². The van der Waals surface area contributed by atoms with Crippen molar-refractivity contribution in [3.63, 3.8) is 0 Å². The van der Waals surface area contributed by atoms with E-state index in [9.17, 15) is 5.21 Å². The smallest absolute Gasteiger partial charge is 0.223 e. The van der Waals surface area contributed by atoms with Crippen molar-refractivity contribution in [1.82, 2.24) is 0 Å². The highest BCUT2D eigenvalue weighted by Crippen LogP contribution is 2.30. The lowest BCUT2D eigenvalue weighted by molar-refractivity contribution is -0.349. The number of hydrogen-bond acceptors (Lipinski definition) is 2. The molecule has 0 spiro atoms. The van der Waals surface area contributed by atoms with Crippen LogP contribution in [0.4, 0.5) is 11.4 Å². The molecule has 104 valence electrons. The molecule has 2 aromatic carbocycles. The predicted octanol–water partition coefficient (Wildman–Crippen LogP) is 4.04. The highest BCUT2D eigenvalue weighted by Gasteiger charge is 2.10. The Morgan fingerprint density at radius 1 is 1.00 bits per heavy atom. The molecule has 20 heavy (non-hydrogen) atoms. The summed E-state index contributed by atoms with van der Waals surface area (Å²) >= 11 is 0. The molecule has 0 saturated carbocycles. The number of benzene rings is 2. The van der Waals surface area contributed by atoms with Crippen LogP contribution in [0.3, 0.4) is 0 Å². The summed E-state index contributed by atoms with van der Waals surface area (Å²) in [4.78, 5) is 2.29. The van der Waals surface area contributed by atoms with Crippen LogP contribution in [0.25, 0.3) is 11.1 Å². The molecule has 0 bridgehead atoms. The number of para-hydroxylation sites is 1. The van der Waals surface area contributed by atoms with E-state index in [1.54, 1.807) is 6.07 Å². The van der Waals surface area contributed by atoms with Gasteiger partial charge in [0, 0.05) is 24.8 Å². The Kier molecular flexibility index (Phi) is 4.41. The third-order valence-corrected chi connectivity index (χ3v) is 3.48. The van der Waals surface area contributed by atoms with E-state index in [0.29, 0.717) is 10.4 Å². The summed E-state index contributed by atoms with van der Waals surface area (Å²) in [5, 5.41) is 11.5. The molecule has 0 heterocycles. The van der Waals surface area contributed by atoms with Gasteiger partial charge in [-0.1, -0.05) is 24.3 Å². The lowest BCUT2D eigenvalue weighted by atomic mass is 10.0. The zero-order valence-corrected chi connectivity index (χ0v) is 12.0. The van der Waals surface area contributed by atoms with E-state index in [-0.39, 0.29) is 0 Å². The number of rotatable bonds is 5. The second kappa shape index (κ2) is 6.24. The minimum absolute atomic E-state index is 0.586. The van der Waals surface area contributed by atoms with Crippen molar-refractivity contribution in [2.24, 2.45) is 0 Å². The minimum Gasteiger partial charge on any atom is -0.619 e. The second-order valence-corrected chi connectivity index (χ2v) is 4.61. The first-order valence-corrected chi connectivity index (χ1v) is 6.89. The number of anilines is 1. The standard InChI is InChI=1S/C17H20N2O/c1-4-19(5-2)15-12-10-14(11-13-15)16-8-6-7-9-17(16)18(3)20/h6-13H,3-5H2,1-2H3. The van der Waals surface area contributed by atoms with Crippen LogP contribution in [0, 0.1) is 5.21 Å². The second-order valence-electron chi connectivity index (χ2n) is 4.61. The molecule has 3 nitrogen and oxygen atoms in total. The number of hydrogen-bond donors (Lipinski definition) is 0. The average Bonchev–Trinajstić information content (AvgIpc) is 2.49. The summed E-state index contributed by atoms with van der Waals surface area (Å²) in [5.41, 5.74) is 3.72. The largest absolute Gasteiger partial charge is 0.619 e. The molecule has 0 atom stereocenters. The van der Waals surface area contributed by atoms with Crippen LogP contribution in [0.15, 0.2) is 48.5 Å². The first-order chi connectivity index (χ1) is 9.67. The molecule has 0 amide bonds. The quantitative estimate of drug-likeness (QED) is 0.354. The highest BCUT2D eigenvalue weighted by atomic mass is 16.5. The Balaban J connectivity index is 2.38. The van der Waals surface area contributed by atoms with E-state index in [0.717, 1.165) is 24.2 Å². The molecule has 0 fully saturated rings. The van der Waals surface area contributed by atoms with Gasteiger partial charge >= 0.3 is 0 Å². The van der Waals surface area contributed by atoms with Crippen molar-refractivity contribution < 1.29 is 4.74 Å². The van der Waals surface area contributed by atoms with Gasteiger partial charge in [-0.05, 0) is 37.6 Å². The molecule has 0 aromatic heterocycles. The molecule has 0 unspecified atom stereocenters. The van der Waals surface area contributed by atoms with Crippen LogP contribution >= 0.6 is 0 Å². The zero-order valence-electron chi connectivity index (χ0n) is 12.0. The van der Waals surface area contributed by atoms with Gasteiger partial charge in [-0.25, -0.2) is 0 Å². The van der Waals surface area contributed by atoms with Crippen LogP contribution in [0.1, 0.15) is 13.8 Å². The average molecular weight is 268 g/mol. The summed E-state index contributed by atoms with van der Waals surface area (Å²) in [5.74, 6) is 0. The SMILES string of the molecule is C=[N+]([O-])c1ccccc1-c1ccc(N(CC)CC)cc1. The van der Waals surface area contributed by atoms with Crippen LogP contribution in [-0.4, -0.2) is 24.5 Å². The Morgan fingerprint density at radius 2 is 1.60 bits per heavy atom. The van der Waals surface area contributed by atoms with Gasteiger partial charge in [0.25, 0.3) is 0 Å². The van der Waals surface area contributed by atoms with Crippen molar-refractivity contribution in [2.75, 3.05) is 18.0 Å². The topological polar surface area (TPSA) is 29.3 Å². The summed E-state index contributed by atoms with van der Waals surface area (Å²) in [6.07, 6.45) is 0. The summed E-state index contributed by atoms with van der Waals surface area (Å²) in [6, 6.07) is 15.8. The lowest BCUT2D eigenvalue weighted by Gasteiger charge is -2.21. The van der Waals surface area contributed by atoms with E-state index in [2.05, 4.69) is 49.7 Å². The molecule has 0 saturated heterocycles. The third-order valence-electron chi connectivity index (χ3n) is 3.48. The number of nitrogens with zero attached hydrogens (tertiary/aromatic N) is 2. The first-order valence-electron chi connectivity index (χ1n) is 6.89. The maximum absolute atomic E-state index is 11.5. The van der Waals surface area contributed by atoms with Gasteiger partial charge in [0.1, 0.15) is 6.72 Å². The lowest BCUT2D eigenvalue weighted by Crippen LogP contribution is -2.21. The molecular weight excluding hydrogens is 248 g/mol. The van der Waals surface area contributed by atoms with Gasteiger partial charge in [0.05, 0.1) is 5.56 Å². The van der Waals surface area contributed by atoms with Gasteiger partial charge in [0.2, 0.25) is 5.69 Å². The third kappa shape index (κ3) is 2.82. The summed E-state index contributed by atoms with van der Waals surface area (Å²) in [7, 11) is 0. The van der Waals surface area contributed by atoms with Crippen LogP contribution in [0.5, 0.6) is 0 Å². The monoisotopic (exact) mass is 268 g/mol. The van der Waals surface area contributed by atoms with Gasteiger partial charge in [-0.3, -0.25) is 0 Å². The summed E-state index contributed by atoms with van der Waals surface area (Å²) in [6.45, 7) is 9.70. The molecule has 2 aromatic rings. The van der Waals surface area contributed by atoms with Crippen LogP contribution in [0.2, 0.25) is 0 Å². The van der Waals surface area contributed by atoms with Crippen LogP contribution < -0.4 is 4.90 Å². The molecule has 0 radical (unpaired) electrons. The van der Waals surface area contributed by atoms with Gasteiger partial charge in [-0.15, -0.1) is 0 Å². The van der Waals surface area contributed by atoms with Crippen molar-refractivity contribution in [2.45, 2.75) is 13.8 Å². The fraction of sp³-hybridized carbons (Fsp3) is 0.235. The fourth-order valence-corrected chi connectivity index (χ4v) is 2.38. The van der Waals surface area contributed by atoms with Crippen molar-refractivity contribution in [3.05, 3.63) is 53.7 Å². The van der Waals surface area contributed by atoms with E-state index in [4.69, 9.17) is 0 Å². The van der Waals surface area contributed by atoms with Gasteiger partial charge in [0.15, 0.2) is 0 Å². The summed E-state index contributed by atoms with van der Waals surface area (Å²) < 4.78 is 0.660. The highest BCUT2D eigenvalue weighted by molar-refractivity contribution is 5.75. The van der Waals surface area contributed by atoms with Crippen molar-refractivity contribution >= 4 is 18.1 Å². The van der Waals surface area contributed by atoms with E-state index >= 15 is 0 Å². The Bertz CT molecular complexity index is 586. The predicted molar refractivity (Wildman–Crippen MR) is 85.8 cm³/mol. The zero-order chi connectivity index (χ0) is 14.5. The van der Waals surface area contributed by atoms with E-state index < -0.39 is 0 Å². The Hall–Kier alpha value is -2.29. The normalized spacial score (nSPS) is 10.3. The molecular formula is C17H20N2O. The van der Waals surface area contributed by atoms with Crippen LogP contribution in [-0.2, 0) is 0 Å². The molecule has 0 aliphatic carbocycles. The maximum atomic E-state index is 11.5. The van der Waals surface area contributed by atoms with Crippen molar-refractivity contribution in [3.8, 4) is 11.1 Å². The maximum Gasteiger partial charge on any atom is 0.223 e. The van der Waals surface area contributed by atoms with Crippen molar-refractivity contribution in [1.29, 1.82) is 0 Å². The molecule has 3 heteroatoms. The first kappa shape index (κ1) is 14.1. The molecule has 0 aliphatic rings. The Labute approximate surface area is 120 Å². The molecule has 2 rings (SSSR count). The fourth-order valence-electron chi connectivity index (χ4n) is 2.38. The van der Waals surface area contributed by atoms with Gasteiger partial charge < -0.3 is 10.1 Å². The molecule has 0 N–H and O–H groups in total. The molecule has 0 aliphatic heterocycles. The van der Waals surface area contributed by atoms with E-state index in [1.807, 2.05) is 18.2 Å².